The topological polar surface area (TPSA) is 38.7 Å². The minimum atomic E-state index is -4.79. The standard InChI is InChI=1S/C10H10F3O3/c1-2-15-9-7(6-14)4-3-5-8(9)16-10(11,12)13/h3-6,14H,2H2,1H3. The first-order valence-electron chi connectivity index (χ1n) is 4.47. The first-order valence-corrected chi connectivity index (χ1v) is 4.47. The van der Waals surface area contributed by atoms with Crippen LogP contribution in [0.4, 0.5) is 13.2 Å². The zero-order valence-electron chi connectivity index (χ0n) is 8.41. The molecule has 0 saturated heterocycles. The third kappa shape index (κ3) is 3.30. The van der Waals surface area contributed by atoms with E-state index < -0.39 is 12.1 Å². The second-order valence-electron chi connectivity index (χ2n) is 2.78. The molecule has 89 valence electrons. The van der Waals surface area contributed by atoms with Crippen molar-refractivity contribution >= 4 is 0 Å². The Morgan fingerprint density at radius 3 is 2.56 bits per heavy atom. The minimum Gasteiger partial charge on any atom is -0.490 e. The van der Waals surface area contributed by atoms with Crippen LogP contribution in [0.1, 0.15) is 12.5 Å². The minimum absolute atomic E-state index is 0.128. The molecular formula is C10H10F3O3. The first-order chi connectivity index (χ1) is 7.48. The summed E-state index contributed by atoms with van der Waals surface area (Å²) < 4.78 is 44.9. The smallest absolute Gasteiger partial charge is 0.490 e. The number of rotatable bonds is 4. The number of ether oxygens (including phenoxy) is 2. The lowest BCUT2D eigenvalue weighted by atomic mass is 10.2. The van der Waals surface area contributed by atoms with Gasteiger partial charge < -0.3 is 14.6 Å². The fourth-order valence-corrected chi connectivity index (χ4v) is 1.14. The van der Waals surface area contributed by atoms with E-state index >= 15 is 0 Å². The van der Waals surface area contributed by atoms with Crippen LogP contribution in [0.5, 0.6) is 11.5 Å². The largest absolute Gasteiger partial charge is 0.573 e. The van der Waals surface area contributed by atoms with Crippen LogP contribution in [0.2, 0.25) is 0 Å². The molecule has 0 aliphatic rings. The number of para-hydroxylation sites is 1. The van der Waals surface area contributed by atoms with Crippen molar-refractivity contribution < 1.29 is 27.8 Å². The van der Waals surface area contributed by atoms with Gasteiger partial charge in [0.25, 0.3) is 0 Å². The molecule has 16 heavy (non-hydrogen) atoms. The van der Waals surface area contributed by atoms with Crippen LogP contribution in [-0.4, -0.2) is 18.1 Å². The third-order valence-electron chi connectivity index (χ3n) is 1.66. The van der Waals surface area contributed by atoms with E-state index in [1.807, 2.05) is 0 Å². The highest BCUT2D eigenvalue weighted by molar-refractivity contribution is 5.48. The summed E-state index contributed by atoms with van der Waals surface area (Å²) in [6.45, 7) is 2.44. The monoisotopic (exact) mass is 235 g/mol. The van der Waals surface area contributed by atoms with E-state index in [0.717, 1.165) is 6.07 Å². The molecule has 0 amide bonds. The van der Waals surface area contributed by atoms with Gasteiger partial charge in [-0.05, 0) is 13.0 Å². The molecule has 0 atom stereocenters. The molecule has 0 saturated carbocycles. The van der Waals surface area contributed by atoms with Gasteiger partial charge in [0.1, 0.15) is 6.61 Å². The maximum Gasteiger partial charge on any atom is 0.573 e. The number of benzene rings is 1. The average Bonchev–Trinajstić information content (AvgIpc) is 2.18. The summed E-state index contributed by atoms with van der Waals surface area (Å²) in [5, 5.41) is 8.83. The number of alkyl halides is 3. The van der Waals surface area contributed by atoms with Gasteiger partial charge >= 0.3 is 6.36 Å². The summed E-state index contributed by atoms with van der Waals surface area (Å²) in [6, 6.07) is 3.85. The van der Waals surface area contributed by atoms with Crippen LogP contribution in [0.25, 0.3) is 0 Å². The Morgan fingerprint density at radius 2 is 2.06 bits per heavy atom. The highest BCUT2D eigenvalue weighted by Gasteiger charge is 2.32. The molecule has 1 rings (SSSR count). The Bertz CT molecular complexity index is 350. The molecule has 0 aromatic heterocycles. The molecule has 0 fully saturated rings. The number of aliphatic hydroxyl groups is 1. The van der Waals surface area contributed by atoms with E-state index in [4.69, 9.17) is 9.84 Å². The molecule has 1 aromatic carbocycles. The van der Waals surface area contributed by atoms with Crippen molar-refractivity contribution in [3.8, 4) is 11.5 Å². The summed E-state index contributed by atoms with van der Waals surface area (Å²) in [6.07, 6.45) is -4.79. The molecule has 0 bridgehead atoms. The normalized spacial score (nSPS) is 11.3. The Labute approximate surface area is 90.4 Å². The van der Waals surface area contributed by atoms with Gasteiger partial charge in [0.15, 0.2) is 11.5 Å². The maximum atomic E-state index is 12.0. The van der Waals surface area contributed by atoms with Crippen LogP contribution in [0.3, 0.4) is 0 Å². The fraction of sp³-hybridized carbons (Fsp3) is 0.300. The van der Waals surface area contributed by atoms with Gasteiger partial charge in [-0.2, -0.15) is 0 Å². The zero-order chi connectivity index (χ0) is 12.2. The SMILES string of the molecule is CCOc1c([CH]O)cccc1OC(F)(F)F. The summed E-state index contributed by atoms with van der Waals surface area (Å²) in [5.41, 5.74) is 0.128. The zero-order valence-corrected chi connectivity index (χ0v) is 8.41. The Morgan fingerprint density at radius 1 is 1.38 bits per heavy atom. The quantitative estimate of drug-likeness (QED) is 0.872. The van der Waals surface area contributed by atoms with Gasteiger partial charge in [-0.15, -0.1) is 13.2 Å². The third-order valence-corrected chi connectivity index (χ3v) is 1.66. The lowest BCUT2D eigenvalue weighted by Crippen LogP contribution is -2.18. The average molecular weight is 235 g/mol. The molecule has 1 aromatic rings. The van der Waals surface area contributed by atoms with Crippen LogP contribution in [0, 0.1) is 6.61 Å². The number of hydrogen-bond donors (Lipinski definition) is 1. The van der Waals surface area contributed by atoms with Gasteiger partial charge in [0.05, 0.1) is 6.61 Å². The molecular weight excluding hydrogens is 225 g/mol. The Kier molecular flexibility index (Phi) is 4.00. The molecule has 0 unspecified atom stereocenters. The van der Waals surface area contributed by atoms with E-state index in [-0.39, 0.29) is 17.9 Å². The van der Waals surface area contributed by atoms with E-state index in [1.165, 1.54) is 12.1 Å². The summed E-state index contributed by atoms with van der Waals surface area (Å²) in [4.78, 5) is 0. The number of hydrogen-bond acceptors (Lipinski definition) is 3. The van der Waals surface area contributed by atoms with Crippen molar-refractivity contribution in [3.05, 3.63) is 30.4 Å². The number of aliphatic hydroxyl groups excluding tert-OH is 1. The van der Waals surface area contributed by atoms with Crippen LogP contribution < -0.4 is 9.47 Å². The molecule has 0 spiro atoms. The van der Waals surface area contributed by atoms with Gasteiger partial charge in [0.2, 0.25) is 0 Å². The van der Waals surface area contributed by atoms with Crippen LogP contribution in [0.15, 0.2) is 18.2 Å². The first kappa shape index (κ1) is 12.6. The molecule has 1 N–H and O–H groups in total. The Hall–Kier alpha value is -1.43. The van der Waals surface area contributed by atoms with E-state index in [1.54, 1.807) is 6.92 Å². The van der Waals surface area contributed by atoms with E-state index in [0.29, 0.717) is 6.61 Å². The van der Waals surface area contributed by atoms with Crippen molar-refractivity contribution in [3.63, 3.8) is 0 Å². The summed E-state index contributed by atoms with van der Waals surface area (Å²) >= 11 is 0. The lowest BCUT2D eigenvalue weighted by molar-refractivity contribution is -0.275. The molecule has 0 heterocycles. The van der Waals surface area contributed by atoms with Crippen molar-refractivity contribution in [2.75, 3.05) is 6.61 Å². The second-order valence-corrected chi connectivity index (χ2v) is 2.78. The fourth-order valence-electron chi connectivity index (χ4n) is 1.14. The Balaban J connectivity index is 3.06. The number of halogens is 3. The van der Waals surface area contributed by atoms with Gasteiger partial charge in [-0.1, -0.05) is 12.1 Å². The molecule has 1 radical (unpaired) electrons. The molecule has 0 aliphatic carbocycles. The van der Waals surface area contributed by atoms with Crippen molar-refractivity contribution in [2.24, 2.45) is 0 Å². The highest BCUT2D eigenvalue weighted by atomic mass is 19.4. The molecule has 3 nitrogen and oxygen atoms in total. The van der Waals surface area contributed by atoms with Crippen LogP contribution >= 0.6 is 0 Å². The van der Waals surface area contributed by atoms with E-state index in [9.17, 15) is 13.2 Å². The lowest BCUT2D eigenvalue weighted by Gasteiger charge is -2.15. The molecule has 0 aliphatic heterocycles. The second kappa shape index (κ2) is 5.07. The van der Waals surface area contributed by atoms with Gasteiger partial charge in [-0.25, -0.2) is 0 Å². The van der Waals surface area contributed by atoms with Crippen molar-refractivity contribution in [2.45, 2.75) is 13.3 Å². The summed E-state index contributed by atoms with van der Waals surface area (Å²) in [5.74, 6) is -0.609. The van der Waals surface area contributed by atoms with Gasteiger partial charge in [0, 0.05) is 5.56 Å². The van der Waals surface area contributed by atoms with Gasteiger partial charge in [-0.3, -0.25) is 0 Å². The summed E-state index contributed by atoms with van der Waals surface area (Å²) in [7, 11) is 0. The van der Waals surface area contributed by atoms with E-state index in [2.05, 4.69) is 4.74 Å². The van der Waals surface area contributed by atoms with Crippen molar-refractivity contribution in [1.29, 1.82) is 0 Å². The predicted octanol–water partition coefficient (Wildman–Crippen LogP) is 2.87. The highest BCUT2D eigenvalue weighted by Crippen LogP contribution is 2.35. The van der Waals surface area contributed by atoms with Crippen LogP contribution in [-0.2, 0) is 0 Å². The predicted molar refractivity (Wildman–Crippen MR) is 49.6 cm³/mol. The maximum absolute atomic E-state index is 12.0. The van der Waals surface area contributed by atoms with Crippen molar-refractivity contribution in [1.82, 2.24) is 0 Å². The molecule has 6 heteroatoms.